The predicted octanol–water partition coefficient (Wildman–Crippen LogP) is 2.87. The van der Waals surface area contributed by atoms with E-state index in [9.17, 15) is 9.59 Å². The number of aromatic nitrogens is 2. The largest absolute Gasteiger partial charge is 0.493 e. The summed E-state index contributed by atoms with van der Waals surface area (Å²) in [6, 6.07) is 15.6. The first-order valence-electron chi connectivity index (χ1n) is 8.67. The van der Waals surface area contributed by atoms with Gasteiger partial charge in [0.15, 0.2) is 11.5 Å². The third kappa shape index (κ3) is 4.37. The zero-order valence-corrected chi connectivity index (χ0v) is 15.9. The zero-order chi connectivity index (χ0) is 20.1. The van der Waals surface area contributed by atoms with Crippen LogP contribution in [0.2, 0.25) is 0 Å². The lowest BCUT2D eigenvalue weighted by molar-refractivity contribution is 0.102. The van der Waals surface area contributed by atoms with E-state index in [2.05, 4.69) is 10.4 Å². The van der Waals surface area contributed by atoms with Crippen LogP contribution < -0.4 is 20.3 Å². The summed E-state index contributed by atoms with van der Waals surface area (Å²) in [5.74, 6) is 0.632. The van der Waals surface area contributed by atoms with Crippen molar-refractivity contribution in [2.24, 2.45) is 0 Å². The molecule has 1 N–H and O–H groups in total. The van der Waals surface area contributed by atoms with Crippen LogP contribution in [0.4, 0.5) is 5.69 Å². The van der Waals surface area contributed by atoms with Gasteiger partial charge in [0, 0.05) is 17.8 Å². The molecule has 1 heterocycles. The molecule has 1 amide bonds. The maximum absolute atomic E-state index is 12.6. The van der Waals surface area contributed by atoms with E-state index in [0.717, 1.165) is 11.1 Å². The number of carbonyl (C=O) groups excluding carboxylic acids is 1. The first kappa shape index (κ1) is 19.2. The highest BCUT2D eigenvalue weighted by molar-refractivity contribution is 6.02. The van der Waals surface area contributed by atoms with Gasteiger partial charge in [0.05, 0.1) is 20.8 Å². The molecular formula is C21H21N3O4. The predicted molar refractivity (Wildman–Crippen MR) is 106 cm³/mol. The summed E-state index contributed by atoms with van der Waals surface area (Å²) in [6.45, 7) is 2.28. The minimum absolute atomic E-state index is 0.140. The van der Waals surface area contributed by atoms with Gasteiger partial charge in [0.1, 0.15) is 5.69 Å². The normalized spacial score (nSPS) is 10.4. The number of ether oxygens (including phenoxy) is 2. The lowest BCUT2D eigenvalue weighted by atomic mass is 10.1. The molecule has 0 spiro atoms. The number of methoxy groups -OCH3 is 2. The van der Waals surface area contributed by atoms with E-state index < -0.39 is 5.91 Å². The Labute approximate surface area is 162 Å². The Hall–Kier alpha value is -3.61. The van der Waals surface area contributed by atoms with Crippen molar-refractivity contribution in [1.82, 2.24) is 9.78 Å². The van der Waals surface area contributed by atoms with Crippen molar-refractivity contribution < 1.29 is 14.3 Å². The van der Waals surface area contributed by atoms with E-state index in [0.29, 0.717) is 17.2 Å². The van der Waals surface area contributed by atoms with Crippen molar-refractivity contribution in [2.45, 2.75) is 13.5 Å². The summed E-state index contributed by atoms with van der Waals surface area (Å²) in [4.78, 5) is 24.7. The highest BCUT2D eigenvalue weighted by Crippen LogP contribution is 2.29. The van der Waals surface area contributed by atoms with Crippen molar-refractivity contribution in [2.75, 3.05) is 19.5 Å². The number of carbonyl (C=O) groups is 1. The number of hydrogen-bond donors (Lipinski definition) is 1. The van der Waals surface area contributed by atoms with Gasteiger partial charge in [-0.15, -0.1) is 0 Å². The van der Waals surface area contributed by atoms with Gasteiger partial charge in [-0.2, -0.15) is 5.10 Å². The number of nitrogens with one attached hydrogen (secondary N) is 1. The summed E-state index contributed by atoms with van der Waals surface area (Å²) in [6.07, 6.45) is 0. The van der Waals surface area contributed by atoms with Gasteiger partial charge in [0.25, 0.3) is 11.5 Å². The maximum atomic E-state index is 12.6. The fourth-order valence-electron chi connectivity index (χ4n) is 2.66. The molecule has 0 fully saturated rings. The van der Waals surface area contributed by atoms with Crippen LogP contribution in [0.15, 0.2) is 59.4 Å². The van der Waals surface area contributed by atoms with Crippen molar-refractivity contribution in [1.29, 1.82) is 0 Å². The number of hydrogen-bond acceptors (Lipinski definition) is 5. The van der Waals surface area contributed by atoms with E-state index >= 15 is 0 Å². The molecule has 0 aliphatic rings. The summed E-state index contributed by atoms with van der Waals surface area (Å²) >= 11 is 0. The molecule has 1 aromatic heterocycles. The van der Waals surface area contributed by atoms with Crippen LogP contribution >= 0.6 is 0 Å². The van der Waals surface area contributed by atoms with Crippen molar-refractivity contribution >= 4 is 11.6 Å². The Kier molecular flexibility index (Phi) is 5.74. The molecule has 0 saturated heterocycles. The van der Waals surface area contributed by atoms with Crippen molar-refractivity contribution in [3.63, 3.8) is 0 Å². The van der Waals surface area contributed by atoms with E-state index in [-0.39, 0.29) is 17.8 Å². The molecule has 0 aliphatic carbocycles. The van der Waals surface area contributed by atoms with Gasteiger partial charge < -0.3 is 14.8 Å². The number of nitrogens with zero attached hydrogens (tertiary/aromatic N) is 2. The van der Waals surface area contributed by atoms with Crippen LogP contribution in [-0.2, 0) is 6.54 Å². The third-order valence-corrected chi connectivity index (χ3v) is 4.19. The molecule has 0 saturated carbocycles. The smallest absolute Gasteiger partial charge is 0.276 e. The van der Waals surface area contributed by atoms with Crippen LogP contribution in [0.1, 0.15) is 21.6 Å². The minimum atomic E-state index is -0.426. The summed E-state index contributed by atoms with van der Waals surface area (Å²) in [7, 11) is 3.06. The molecule has 28 heavy (non-hydrogen) atoms. The van der Waals surface area contributed by atoms with Gasteiger partial charge in [-0.25, -0.2) is 4.68 Å². The molecule has 3 rings (SSSR count). The van der Waals surface area contributed by atoms with Gasteiger partial charge in [-0.05, 0) is 30.7 Å². The Morgan fingerprint density at radius 2 is 1.71 bits per heavy atom. The Bertz CT molecular complexity index is 1040. The van der Waals surface area contributed by atoms with Crippen LogP contribution in [0.25, 0.3) is 0 Å². The number of rotatable bonds is 6. The van der Waals surface area contributed by atoms with E-state index in [1.165, 1.54) is 31.0 Å². The number of amides is 1. The quantitative estimate of drug-likeness (QED) is 0.712. The molecular weight excluding hydrogens is 358 g/mol. The molecule has 0 unspecified atom stereocenters. The second-order valence-corrected chi connectivity index (χ2v) is 6.22. The average Bonchev–Trinajstić information content (AvgIpc) is 2.71. The van der Waals surface area contributed by atoms with E-state index in [4.69, 9.17) is 9.47 Å². The van der Waals surface area contributed by atoms with Crippen LogP contribution in [-0.4, -0.2) is 29.9 Å². The zero-order valence-electron chi connectivity index (χ0n) is 15.9. The van der Waals surface area contributed by atoms with E-state index in [1.807, 2.05) is 31.2 Å². The van der Waals surface area contributed by atoms with Crippen LogP contribution in [0, 0.1) is 6.92 Å². The lowest BCUT2D eigenvalue weighted by Crippen LogP contribution is -2.26. The van der Waals surface area contributed by atoms with Gasteiger partial charge >= 0.3 is 0 Å². The van der Waals surface area contributed by atoms with Gasteiger partial charge in [-0.3, -0.25) is 9.59 Å². The highest BCUT2D eigenvalue weighted by Gasteiger charge is 2.12. The molecule has 3 aromatic rings. The molecule has 0 atom stereocenters. The Morgan fingerprint density at radius 1 is 1.00 bits per heavy atom. The third-order valence-electron chi connectivity index (χ3n) is 4.19. The monoisotopic (exact) mass is 379 g/mol. The van der Waals surface area contributed by atoms with Crippen LogP contribution in [0.3, 0.4) is 0 Å². The highest BCUT2D eigenvalue weighted by atomic mass is 16.5. The fraction of sp³-hybridized carbons (Fsp3) is 0.190. The Morgan fingerprint density at radius 3 is 2.39 bits per heavy atom. The summed E-state index contributed by atoms with van der Waals surface area (Å²) < 4.78 is 11.7. The molecule has 2 aromatic carbocycles. The number of anilines is 1. The lowest BCUT2D eigenvalue weighted by Gasteiger charge is -2.11. The molecule has 7 heteroatoms. The minimum Gasteiger partial charge on any atom is -0.493 e. The van der Waals surface area contributed by atoms with Crippen molar-refractivity contribution in [3.8, 4) is 11.5 Å². The molecule has 144 valence electrons. The first-order chi connectivity index (χ1) is 13.5. The van der Waals surface area contributed by atoms with Gasteiger partial charge in [-0.1, -0.05) is 29.8 Å². The standard InChI is InChI=1S/C21H21N3O4/c1-14-4-6-15(7-5-14)13-24-20(25)11-9-17(23-24)21(26)22-16-8-10-18(27-2)19(12-16)28-3/h4-12H,13H2,1-3H3,(H,22,26). The summed E-state index contributed by atoms with van der Waals surface area (Å²) in [5.41, 5.74) is 2.45. The van der Waals surface area contributed by atoms with Crippen molar-refractivity contribution in [3.05, 3.63) is 81.8 Å². The second kappa shape index (κ2) is 8.39. The average molecular weight is 379 g/mol. The topological polar surface area (TPSA) is 82.5 Å². The maximum Gasteiger partial charge on any atom is 0.276 e. The number of aryl methyl sites for hydroxylation is 1. The number of benzene rings is 2. The molecule has 0 bridgehead atoms. The molecule has 7 nitrogen and oxygen atoms in total. The summed E-state index contributed by atoms with van der Waals surface area (Å²) in [5, 5.41) is 6.95. The SMILES string of the molecule is COc1ccc(NC(=O)c2ccc(=O)n(Cc3ccc(C)cc3)n2)cc1OC. The fourth-order valence-corrected chi connectivity index (χ4v) is 2.66. The van der Waals surface area contributed by atoms with E-state index in [1.54, 1.807) is 18.2 Å². The van der Waals surface area contributed by atoms with Crippen LogP contribution in [0.5, 0.6) is 11.5 Å². The first-order valence-corrected chi connectivity index (χ1v) is 8.67. The second-order valence-electron chi connectivity index (χ2n) is 6.22. The molecule has 0 radical (unpaired) electrons. The van der Waals surface area contributed by atoms with Gasteiger partial charge in [0.2, 0.25) is 0 Å². The molecule has 0 aliphatic heterocycles. The Balaban J connectivity index is 1.80.